The number of nitrogens with zero attached hydrogens (tertiary/aromatic N) is 1. The standard InChI is InChI=1S/C17H17N3O4S3/c21-26(22,20-27(23,24)17-5-3-11-25-17)16-8-6-14(7-9-16)12-18-13-15-4-1-2-10-19-15/h1-11,18,20H,12-13H2. The zero-order valence-corrected chi connectivity index (χ0v) is 16.5. The zero-order chi connectivity index (χ0) is 19.3. The molecule has 10 heteroatoms. The third-order valence-electron chi connectivity index (χ3n) is 3.57. The lowest BCUT2D eigenvalue weighted by Crippen LogP contribution is -2.30. The molecule has 2 N–H and O–H groups in total. The molecule has 0 amide bonds. The molecule has 1 aromatic carbocycles. The first kappa shape index (κ1) is 19.6. The molecule has 3 aromatic rings. The second-order valence-electron chi connectivity index (χ2n) is 5.59. The molecule has 0 spiro atoms. The lowest BCUT2D eigenvalue weighted by atomic mass is 10.2. The summed E-state index contributed by atoms with van der Waals surface area (Å²) in [7, 11) is -8.30. The van der Waals surface area contributed by atoms with E-state index in [-0.39, 0.29) is 9.10 Å². The van der Waals surface area contributed by atoms with Gasteiger partial charge in [-0.25, -0.2) is 16.8 Å². The predicted octanol–water partition coefficient (Wildman–Crippen LogP) is 2.10. The minimum atomic E-state index is -4.19. The van der Waals surface area contributed by atoms with Crippen molar-refractivity contribution in [2.75, 3.05) is 0 Å². The van der Waals surface area contributed by atoms with E-state index in [2.05, 4.69) is 10.3 Å². The van der Waals surface area contributed by atoms with Gasteiger partial charge in [0, 0.05) is 19.3 Å². The summed E-state index contributed by atoms with van der Waals surface area (Å²) in [5, 5.41) is 4.77. The normalized spacial score (nSPS) is 12.1. The number of pyridine rings is 1. The highest BCUT2D eigenvalue weighted by Gasteiger charge is 2.25. The topological polar surface area (TPSA) is 105 Å². The van der Waals surface area contributed by atoms with Gasteiger partial charge in [-0.1, -0.05) is 28.4 Å². The van der Waals surface area contributed by atoms with E-state index < -0.39 is 20.0 Å². The minimum Gasteiger partial charge on any atom is -0.307 e. The van der Waals surface area contributed by atoms with Crippen molar-refractivity contribution < 1.29 is 16.8 Å². The third-order valence-corrected chi connectivity index (χ3v) is 8.50. The molecule has 3 rings (SSSR count). The smallest absolute Gasteiger partial charge is 0.263 e. The highest BCUT2D eigenvalue weighted by Crippen LogP contribution is 2.18. The van der Waals surface area contributed by atoms with Gasteiger partial charge in [-0.2, -0.15) is 0 Å². The van der Waals surface area contributed by atoms with Crippen molar-refractivity contribution in [1.82, 2.24) is 14.4 Å². The van der Waals surface area contributed by atoms with E-state index in [1.54, 1.807) is 33.9 Å². The SMILES string of the molecule is O=S(=O)(NS(=O)(=O)c1cccs1)c1ccc(CNCc2ccccn2)cc1. The predicted molar refractivity (Wildman–Crippen MR) is 103 cm³/mol. The summed E-state index contributed by atoms with van der Waals surface area (Å²) in [4.78, 5) is 4.09. The van der Waals surface area contributed by atoms with E-state index in [1.165, 1.54) is 18.2 Å². The van der Waals surface area contributed by atoms with Crippen LogP contribution in [0.2, 0.25) is 0 Å². The molecule has 0 unspecified atom stereocenters. The summed E-state index contributed by atoms with van der Waals surface area (Å²) in [6, 6.07) is 14.6. The van der Waals surface area contributed by atoms with E-state index in [0.29, 0.717) is 13.1 Å². The highest BCUT2D eigenvalue weighted by molar-refractivity contribution is 8.05. The fourth-order valence-corrected chi connectivity index (χ4v) is 6.32. The number of benzene rings is 1. The number of thiophene rings is 1. The Labute approximate surface area is 162 Å². The summed E-state index contributed by atoms with van der Waals surface area (Å²) < 4.78 is 50.7. The first-order chi connectivity index (χ1) is 12.9. The van der Waals surface area contributed by atoms with Crippen molar-refractivity contribution in [3.63, 3.8) is 0 Å². The Balaban J connectivity index is 1.63. The molecule has 0 atom stereocenters. The average molecular weight is 424 g/mol. The molecule has 142 valence electrons. The lowest BCUT2D eigenvalue weighted by Gasteiger charge is -2.08. The maximum Gasteiger partial charge on any atom is 0.263 e. The van der Waals surface area contributed by atoms with Crippen LogP contribution >= 0.6 is 11.3 Å². The molecule has 0 aliphatic rings. The maximum atomic E-state index is 12.3. The van der Waals surface area contributed by atoms with Gasteiger partial charge in [0.2, 0.25) is 0 Å². The molecule has 0 fully saturated rings. The molecule has 0 saturated heterocycles. The number of hydrogen-bond donors (Lipinski definition) is 2. The Morgan fingerprint density at radius 1 is 0.852 bits per heavy atom. The largest absolute Gasteiger partial charge is 0.307 e. The Kier molecular flexibility index (Phi) is 6.02. The quantitative estimate of drug-likeness (QED) is 0.575. The maximum absolute atomic E-state index is 12.3. The van der Waals surface area contributed by atoms with E-state index in [1.807, 2.05) is 18.2 Å². The Bertz CT molecular complexity index is 1080. The monoisotopic (exact) mass is 423 g/mol. The number of aromatic nitrogens is 1. The van der Waals surface area contributed by atoms with Crippen molar-refractivity contribution in [2.24, 2.45) is 0 Å². The van der Waals surface area contributed by atoms with Crippen LogP contribution in [-0.2, 0) is 33.1 Å². The molecule has 0 saturated carbocycles. The second-order valence-corrected chi connectivity index (χ2v) is 10.4. The van der Waals surface area contributed by atoms with Crippen LogP contribution in [0, 0.1) is 0 Å². The van der Waals surface area contributed by atoms with Crippen molar-refractivity contribution in [3.05, 3.63) is 77.4 Å². The Morgan fingerprint density at radius 2 is 1.63 bits per heavy atom. The molecular formula is C17H17N3O4S3. The minimum absolute atomic E-state index is 0.0542. The molecule has 0 bridgehead atoms. The van der Waals surface area contributed by atoms with Gasteiger partial charge in [-0.15, -0.1) is 11.3 Å². The molecular weight excluding hydrogens is 406 g/mol. The fraction of sp³-hybridized carbons (Fsp3) is 0.118. The van der Waals surface area contributed by atoms with Gasteiger partial charge < -0.3 is 5.32 Å². The van der Waals surface area contributed by atoms with Gasteiger partial charge in [0.25, 0.3) is 20.0 Å². The first-order valence-corrected chi connectivity index (χ1v) is 11.7. The van der Waals surface area contributed by atoms with Crippen LogP contribution in [0.15, 0.2) is 75.3 Å². The lowest BCUT2D eigenvalue weighted by molar-refractivity contribution is 0.578. The summed E-state index contributed by atoms with van der Waals surface area (Å²) in [6.07, 6.45) is 1.72. The van der Waals surface area contributed by atoms with Gasteiger partial charge in [-0.05, 0) is 41.3 Å². The van der Waals surface area contributed by atoms with Crippen molar-refractivity contribution in [3.8, 4) is 0 Å². The average Bonchev–Trinajstić information content (AvgIpc) is 3.18. The Hall–Kier alpha value is -2.11. The summed E-state index contributed by atoms with van der Waals surface area (Å²) in [5.41, 5.74) is 1.77. The zero-order valence-electron chi connectivity index (χ0n) is 14.1. The van der Waals surface area contributed by atoms with Crippen LogP contribution < -0.4 is 9.44 Å². The highest BCUT2D eigenvalue weighted by atomic mass is 32.3. The van der Waals surface area contributed by atoms with Gasteiger partial charge in [0.05, 0.1) is 10.6 Å². The summed E-state index contributed by atoms with van der Waals surface area (Å²) >= 11 is 0.947. The molecule has 7 nitrogen and oxygen atoms in total. The van der Waals surface area contributed by atoms with Gasteiger partial charge >= 0.3 is 0 Å². The van der Waals surface area contributed by atoms with Crippen molar-refractivity contribution in [1.29, 1.82) is 0 Å². The van der Waals surface area contributed by atoms with Crippen LogP contribution in [-0.4, -0.2) is 21.8 Å². The Morgan fingerprint density at radius 3 is 2.26 bits per heavy atom. The van der Waals surface area contributed by atoms with Gasteiger partial charge in [-0.3, -0.25) is 4.98 Å². The van der Waals surface area contributed by atoms with E-state index in [0.717, 1.165) is 22.6 Å². The van der Waals surface area contributed by atoms with Crippen LogP contribution in [0.4, 0.5) is 0 Å². The number of nitrogens with one attached hydrogen (secondary N) is 2. The first-order valence-electron chi connectivity index (χ1n) is 7.88. The molecule has 0 aliphatic heterocycles. The fourth-order valence-electron chi connectivity index (χ4n) is 2.27. The number of sulfonamides is 2. The van der Waals surface area contributed by atoms with E-state index in [9.17, 15) is 16.8 Å². The number of hydrogen-bond acceptors (Lipinski definition) is 7. The van der Waals surface area contributed by atoms with E-state index >= 15 is 0 Å². The van der Waals surface area contributed by atoms with Crippen molar-refractivity contribution in [2.45, 2.75) is 22.2 Å². The molecule has 27 heavy (non-hydrogen) atoms. The number of rotatable bonds is 8. The van der Waals surface area contributed by atoms with Crippen LogP contribution in [0.25, 0.3) is 0 Å². The summed E-state index contributed by atoms with van der Waals surface area (Å²) in [6.45, 7) is 1.11. The van der Waals surface area contributed by atoms with Crippen LogP contribution in [0.5, 0.6) is 0 Å². The molecule has 0 aliphatic carbocycles. The second kappa shape index (κ2) is 8.28. The molecule has 2 aromatic heterocycles. The molecule has 0 radical (unpaired) electrons. The van der Waals surface area contributed by atoms with E-state index in [4.69, 9.17) is 0 Å². The van der Waals surface area contributed by atoms with Crippen molar-refractivity contribution >= 4 is 31.4 Å². The van der Waals surface area contributed by atoms with Crippen LogP contribution in [0.3, 0.4) is 0 Å². The molecule has 2 heterocycles. The third kappa shape index (κ3) is 5.21. The van der Waals surface area contributed by atoms with Gasteiger partial charge in [0.1, 0.15) is 4.21 Å². The van der Waals surface area contributed by atoms with Crippen LogP contribution in [0.1, 0.15) is 11.3 Å². The van der Waals surface area contributed by atoms with Gasteiger partial charge in [0.15, 0.2) is 0 Å². The summed E-state index contributed by atoms with van der Waals surface area (Å²) in [5.74, 6) is 0.